The highest BCUT2D eigenvalue weighted by Gasteiger charge is 2.54. The third-order valence-electron chi connectivity index (χ3n) is 6.45. The van der Waals surface area contributed by atoms with Gasteiger partial charge in [-0.1, -0.05) is 30.3 Å². The van der Waals surface area contributed by atoms with Gasteiger partial charge in [-0.15, -0.1) is 0 Å². The number of H-pyrrole nitrogens is 1. The number of aromatic nitrogens is 2. The summed E-state index contributed by atoms with van der Waals surface area (Å²) in [6.07, 6.45) is 5.49. The highest BCUT2D eigenvalue weighted by Crippen LogP contribution is 2.46. The predicted octanol–water partition coefficient (Wildman–Crippen LogP) is 2.61. The Hall–Kier alpha value is -2.28. The zero-order valence-corrected chi connectivity index (χ0v) is 17.9. The van der Waals surface area contributed by atoms with Gasteiger partial charge < -0.3 is 14.8 Å². The first-order valence-electron chi connectivity index (χ1n) is 10.1. The summed E-state index contributed by atoms with van der Waals surface area (Å²) < 4.78 is 0. The second-order valence-electron chi connectivity index (χ2n) is 8.31. The van der Waals surface area contributed by atoms with Gasteiger partial charge in [0.2, 0.25) is 5.91 Å². The van der Waals surface area contributed by atoms with Crippen molar-refractivity contribution in [3.05, 3.63) is 53.6 Å². The van der Waals surface area contributed by atoms with Crippen LogP contribution in [0.25, 0.3) is 0 Å². The van der Waals surface area contributed by atoms with E-state index in [9.17, 15) is 9.59 Å². The summed E-state index contributed by atoms with van der Waals surface area (Å²) >= 11 is 1.57. The fourth-order valence-corrected chi connectivity index (χ4v) is 5.29. The molecule has 2 unspecified atom stereocenters. The van der Waals surface area contributed by atoms with Crippen molar-refractivity contribution in [1.82, 2.24) is 19.8 Å². The first kappa shape index (κ1) is 20.0. The van der Waals surface area contributed by atoms with Crippen molar-refractivity contribution in [2.75, 3.05) is 38.2 Å². The standard InChI is InChI=1S/C22H28N4O2S/c1-16-20(24-15-23-16)21(28)26-11-18-10-25(19(27)12-29-2)13-22(18,14-26)9-8-17-6-4-3-5-7-17/h3-7,15,18H,8-14H2,1-2H3,(H,23,24). The first-order chi connectivity index (χ1) is 14.0. The van der Waals surface area contributed by atoms with E-state index in [2.05, 4.69) is 34.2 Å². The quantitative estimate of drug-likeness (QED) is 0.792. The zero-order valence-electron chi connectivity index (χ0n) is 17.1. The van der Waals surface area contributed by atoms with E-state index in [-0.39, 0.29) is 17.2 Å². The van der Waals surface area contributed by atoms with E-state index in [1.807, 2.05) is 29.0 Å². The molecule has 0 bridgehead atoms. The molecule has 4 rings (SSSR count). The molecule has 154 valence electrons. The van der Waals surface area contributed by atoms with Crippen molar-refractivity contribution in [3.8, 4) is 0 Å². The molecule has 7 heteroatoms. The van der Waals surface area contributed by atoms with Gasteiger partial charge in [0, 0.05) is 43.2 Å². The molecule has 2 aromatic rings. The summed E-state index contributed by atoms with van der Waals surface area (Å²) in [5.74, 6) is 1.06. The van der Waals surface area contributed by atoms with Crippen LogP contribution in [-0.4, -0.2) is 69.8 Å². The van der Waals surface area contributed by atoms with Crippen molar-refractivity contribution in [3.63, 3.8) is 0 Å². The van der Waals surface area contributed by atoms with Crippen LogP contribution in [-0.2, 0) is 11.2 Å². The van der Waals surface area contributed by atoms with E-state index in [0.717, 1.165) is 31.6 Å². The van der Waals surface area contributed by atoms with Crippen LogP contribution in [0.3, 0.4) is 0 Å². The van der Waals surface area contributed by atoms with Crippen LogP contribution in [0.15, 0.2) is 36.7 Å². The number of rotatable bonds is 6. The number of hydrogen-bond acceptors (Lipinski definition) is 4. The monoisotopic (exact) mass is 412 g/mol. The number of likely N-dealkylation sites (tertiary alicyclic amines) is 2. The molecule has 2 saturated heterocycles. The molecule has 2 amide bonds. The molecule has 2 atom stereocenters. The number of nitrogens with one attached hydrogen (secondary N) is 1. The van der Waals surface area contributed by atoms with Crippen LogP contribution in [0.5, 0.6) is 0 Å². The topological polar surface area (TPSA) is 69.3 Å². The molecule has 2 fully saturated rings. The van der Waals surface area contributed by atoms with Gasteiger partial charge in [0.25, 0.3) is 5.91 Å². The van der Waals surface area contributed by atoms with Gasteiger partial charge in [-0.05, 0) is 31.6 Å². The Labute approximate surface area is 176 Å². The van der Waals surface area contributed by atoms with Gasteiger partial charge in [0.05, 0.1) is 12.1 Å². The molecule has 3 heterocycles. The smallest absolute Gasteiger partial charge is 0.274 e. The second-order valence-corrected chi connectivity index (χ2v) is 9.18. The van der Waals surface area contributed by atoms with Crippen LogP contribution in [0.1, 0.15) is 28.2 Å². The minimum Gasteiger partial charge on any atom is -0.348 e. The molecule has 0 radical (unpaired) electrons. The van der Waals surface area contributed by atoms with Crippen molar-refractivity contribution in [2.24, 2.45) is 11.3 Å². The van der Waals surface area contributed by atoms with Crippen LogP contribution < -0.4 is 0 Å². The Kier molecular flexibility index (Phi) is 5.67. The van der Waals surface area contributed by atoms with E-state index in [1.165, 1.54) is 5.56 Å². The molecule has 2 aliphatic rings. The maximum absolute atomic E-state index is 13.1. The molecule has 0 saturated carbocycles. The Morgan fingerprint density at radius 3 is 2.62 bits per heavy atom. The van der Waals surface area contributed by atoms with Gasteiger partial charge in [0.1, 0.15) is 5.69 Å². The average molecular weight is 413 g/mol. The van der Waals surface area contributed by atoms with Crippen LogP contribution in [0.2, 0.25) is 0 Å². The molecule has 1 N–H and O–H groups in total. The molecule has 6 nitrogen and oxygen atoms in total. The van der Waals surface area contributed by atoms with Crippen molar-refractivity contribution in [2.45, 2.75) is 19.8 Å². The summed E-state index contributed by atoms with van der Waals surface area (Å²) in [5.41, 5.74) is 2.59. The molecule has 0 aliphatic carbocycles. The van der Waals surface area contributed by atoms with E-state index in [4.69, 9.17) is 0 Å². The Bertz CT molecular complexity index is 884. The summed E-state index contributed by atoms with van der Waals surface area (Å²) in [6, 6.07) is 10.5. The number of hydrogen-bond donors (Lipinski definition) is 1. The fraction of sp³-hybridized carbons (Fsp3) is 0.500. The number of amides is 2. The molecular formula is C22H28N4O2S. The SMILES string of the molecule is CSCC(=O)N1CC2CN(C(=O)c3nc[nH]c3C)CC2(CCc2ccccc2)C1. The van der Waals surface area contributed by atoms with Crippen LogP contribution in [0, 0.1) is 18.3 Å². The van der Waals surface area contributed by atoms with Crippen LogP contribution in [0.4, 0.5) is 0 Å². The lowest BCUT2D eigenvalue weighted by Crippen LogP contribution is -2.39. The van der Waals surface area contributed by atoms with E-state index < -0.39 is 0 Å². The molecule has 1 aromatic carbocycles. The normalized spacial score (nSPS) is 23.4. The van der Waals surface area contributed by atoms with Gasteiger partial charge in [-0.3, -0.25) is 9.59 Å². The third-order valence-corrected chi connectivity index (χ3v) is 6.99. The molecule has 0 spiro atoms. The Morgan fingerprint density at radius 2 is 1.93 bits per heavy atom. The maximum atomic E-state index is 13.1. The lowest BCUT2D eigenvalue weighted by atomic mass is 9.76. The van der Waals surface area contributed by atoms with Gasteiger partial charge in [0.15, 0.2) is 0 Å². The van der Waals surface area contributed by atoms with Gasteiger partial charge in [-0.25, -0.2) is 4.98 Å². The summed E-state index contributed by atoms with van der Waals surface area (Å²) in [5, 5.41) is 0. The summed E-state index contributed by atoms with van der Waals surface area (Å²) in [6.45, 7) is 4.76. The highest BCUT2D eigenvalue weighted by atomic mass is 32.2. The van der Waals surface area contributed by atoms with Crippen molar-refractivity contribution in [1.29, 1.82) is 0 Å². The maximum Gasteiger partial charge on any atom is 0.274 e. The predicted molar refractivity (Wildman–Crippen MR) is 115 cm³/mol. The Balaban J connectivity index is 1.53. The molecule has 2 aliphatic heterocycles. The summed E-state index contributed by atoms with van der Waals surface area (Å²) in [7, 11) is 0. The molecule has 29 heavy (non-hydrogen) atoms. The number of benzene rings is 1. The zero-order chi connectivity index (χ0) is 20.4. The lowest BCUT2D eigenvalue weighted by molar-refractivity contribution is -0.127. The fourth-order valence-electron chi connectivity index (χ4n) is 4.86. The Morgan fingerprint density at radius 1 is 1.21 bits per heavy atom. The minimum atomic E-state index is -0.0379. The number of nitrogens with zero attached hydrogens (tertiary/aromatic N) is 3. The summed E-state index contributed by atoms with van der Waals surface area (Å²) in [4.78, 5) is 36.8. The average Bonchev–Trinajstić information content (AvgIpc) is 3.39. The van der Waals surface area contributed by atoms with Gasteiger partial charge >= 0.3 is 0 Å². The number of aryl methyl sites for hydroxylation is 2. The molecular weight excluding hydrogens is 384 g/mol. The van der Waals surface area contributed by atoms with Gasteiger partial charge in [-0.2, -0.15) is 11.8 Å². The number of thioether (sulfide) groups is 1. The van der Waals surface area contributed by atoms with Crippen molar-refractivity contribution >= 4 is 23.6 Å². The minimum absolute atomic E-state index is 0.000716. The first-order valence-corrected chi connectivity index (χ1v) is 11.5. The van der Waals surface area contributed by atoms with E-state index >= 15 is 0 Å². The lowest BCUT2D eigenvalue weighted by Gasteiger charge is -2.29. The van der Waals surface area contributed by atoms with E-state index in [0.29, 0.717) is 30.5 Å². The molecule has 1 aromatic heterocycles. The highest BCUT2D eigenvalue weighted by molar-refractivity contribution is 7.99. The number of aromatic amines is 1. The third kappa shape index (κ3) is 3.92. The number of imidazole rings is 1. The van der Waals surface area contributed by atoms with E-state index in [1.54, 1.807) is 18.1 Å². The number of fused-ring (bicyclic) bond motifs is 1. The number of carbonyl (C=O) groups is 2. The number of carbonyl (C=O) groups excluding carboxylic acids is 2. The van der Waals surface area contributed by atoms with Crippen LogP contribution >= 0.6 is 11.8 Å². The largest absolute Gasteiger partial charge is 0.348 e. The van der Waals surface area contributed by atoms with Crippen molar-refractivity contribution < 1.29 is 9.59 Å². The second kappa shape index (κ2) is 8.22.